The Balaban J connectivity index is 2.04. The van der Waals surface area contributed by atoms with Gasteiger partial charge in [0, 0.05) is 16.8 Å². The van der Waals surface area contributed by atoms with Gasteiger partial charge in [0.1, 0.15) is 5.75 Å². The Morgan fingerprint density at radius 1 is 1.21 bits per heavy atom. The Hall–Kier alpha value is -3.06. The molecule has 8 heteroatoms. The number of benzene rings is 1. The van der Waals surface area contributed by atoms with Crippen LogP contribution in [0.15, 0.2) is 42.7 Å². The maximum Gasteiger partial charge on any atom is 0.337 e. The second kappa shape index (κ2) is 6.21. The molecule has 0 fully saturated rings. The van der Waals surface area contributed by atoms with Crippen molar-refractivity contribution in [3.05, 3.63) is 53.3 Å². The summed E-state index contributed by atoms with van der Waals surface area (Å²) in [5.41, 5.74) is 1.10. The molecule has 3 aromatic rings. The van der Waals surface area contributed by atoms with Gasteiger partial charge in [-0.1, -0.05) is 11.6 Å². The van der Waals surface area contributed by atoms with Crippen LogP contribution in [-0.2, 0) is 0 Å². The van der Waals surface area contributed by atoms with E-state index in [0.29, 0.717) is 21.9 Å². The molecule has 0 amide bonds. The molecule has 24 heavy (non-hydrogen) atoms. The minimum absolute atomic E-state index is 0.0463. The van der Waals surface area contributed by atoms with Crippen LogP contribution in [0.3, 0.4) is 0 Å². The lowest BCUT2D eigenvalue weighted by atomic mass is 10.1. The number of hydrogen-bond acceptors (Lipinski definition) is 5. The number of methoxy groups -OCH3 is 1. The first-order chi connectivity index (χ1) is 11.5. The standard InChI is InChI=1S/C16H12ClN3O4/c1-24-13-6-10(17)3-4-11(13)12-8-19-20(15(12)21)14-5-2-9(7-18-14)16(22)23/h2-8,21H,1H3,(H,22,23). The van der Waals surface area contributed by atoms with Gasteiger partial charge in [0.25, 0.3) is 0 Å². The number of carboxylic acids is 1. The van der Waals surface area contributed by atoms with Gasteiger partial charge in [-0.25, -0.2) is 9.78 Å². The van der Waals surface area contributed by atoms with E-state index in [-0.39, 0.29) is 17.3 Å². The zero-order valence-corrected chi connectivity index (χ0v) is 13.2. The number of aromatic carboxylic acids is 1. The van der Waals surface area contributed by atoms with Gasteiger partial charge in [-0.15, -0.1) is 0 Å². The number of aromatic hydroxyl groups is 1. The van der Waals surface area contributed by atoms with Crippen LogP contribution in [0.1, 0.15) is 10.4 Å². The molecule has 0 spiro atoms. The molecule has 0 aliphatic rings. The number of hydrogen-bond donors (Lipinski definition) is 2. The van der Waals surface area contributed by atoms with Crippen LogP contribution in [0.25, 0.3) is 16.9 Å². The predicted molar refractivity (Wildman–Crippen MR) is 87.0 cm³/mol. The average Bonchev–Trinajstić information content (AvgIpc) is 2.96. The highest BCUT2D eigenvalue weighted by molar-refractivity contribution is 6.30. The third-order valence-electron chi connectivity index (χ3n) is 3.41. The van der Waals surface area contributed by atoms with E-state index in [1.165, 1.54) is 36.3 Å². The van der Waals surface area contributed by atoms with E-state index in [0.717, 1.165) is 0 Å². The Bertz CT molecular complexity index is 906. The van der Waals surface area contributed by atoms with Gasteiger partial charge in [0.15, 0.2) is 5.82 Å². The van der Waals surface area contributed by atoms with Gasteiger partial charge >= 0.3 is 5.97 Å². The first-order valence-electron chi connectivity index (χ1n) is 6.82. The van der Waals surface area contributed by atoms with Crippen molar-refractivity contribution in [1.82, 2.24) is 14.8 Å². The maximum atomic E-state index is 10.9. The fourth-order valence-corrected chi connectivity index (χ4v) is 2.39. The molecule has 0 saturated carbocycles. The molecule has 0 bridgehead atoms. The molecular weight excluding hydrogens is 334 g/mol. The highest BCUT2D eigenvalue weighted by Gasteiger charge is 2.17. The van der Waals surface area contributed by atoms with Crippen molar-refractivity contribution in [2.45, 2.75) is 0 Å². The van der Waals surface area contributed by atoms with Gasteiger partial charge in [0.05, 0.1) is 24.4 Å². The lowest BCUT2D eigenvalue weighted by molar-refractivity contribution is 0.0696. The third-order valence-corrected chi connectivity index (χ3v) is 3.64. The van der Waals surface area contributed by atoms with Crippen molar-refractivity contribution in [2.75, 3.05) is 7.11 Å². The smallest absolute Gasteiger partial charge is 0.337 e. The van der Waals surface area contributed by atoms with E-state index >= 15 is 0 Å². The average molecular weight is 346 g/mol. The van der Waals surface area contributed by atoms with Crippen LogP contribution in [0, 0.1) is 0 Å². The van der Waals surface area contributed by atoms with Gasteiger partial charge in [0.2, 0.25) is 5.88 Å². The summed E-state index contributed by atoms with van der Waals surface area (Å²) in [6.07, 6.45) is 2.66. The summed E-state index contributed by atoms with van der Waals surface area (Å²) in [7, 11) is 1.50. The molecule has 0 aliphatic carbocycles. The van der Waals surface area contributed by atoms with Crippen molar-refractivity contribution in [2.24, 2.45) is 0 Å². The molecule has 3 rings (SSSR count). The largest absolute Gasteiger partial charge is 0.496 e. The molecule has 7 nitrogen and oxygen atoms in total. The quantitative estimate of drug-likeness (QED) is 0.754. The minimum atomic E-state index is -1.08. The molecule has 2 N–H and O–H groups in total. The van der Waals surface area contributed by atoms with Crippen LogP contribution in [0.5, 0.6) is 11.6 Å². The Morgan fingerprint density at radius 3 is 2.62 bits per heavy atom. The van der Waals surface area contributed by atoms with Crippen LogP contribution < -0.4 is 4.74 Å². The SMILES string of the molecule is COc1cc(Cl)ccc1-c1cnn(-c2ccc(C(=O)O)cn2)c1O. The number of rotatable bonds is 4. The van der Waals surface area contributed by atoms with Crippen molar-refractivity contribution < 1.29 is 19.7 Å². The third kappa shape index (κ3) is 2.77. The van der Waals surface area contributed by atoms with Gasteiger partial charge in [-0.3, -0.25) is 0 Å². The number of halogens is 1. The summed E-state index contributed by atoms with van der Waals surface area (Å²) in [5, 5.41) is 24.0. The molecule has 0 atom stereocenters. The summed E-state index contributed by atoms with van der Waals surface area (Å²) < 4.78 is 6.48. The molecule has 122 valence electrons. The van der Waals surface area contributed by atoms with Crippen molar-refractivity contribution in [1.29, 1.82) is 0 Å². The molecule has 0 radical (unpaired) electrons. The lowest BCUT2D eigenvalue weighted by Crippen LogP contribution is -2.02. The number of ether oxygens (including phenoxy) is 1. The molecular formula is C16H12ClN3O4. The summed E-state index contributed by atoms with van der Waals surface area (Å²) in [6, 6.07) is 7.86. The summed E-state index contributed by atoms with van der Waals surface area (Å²) in [6.45, 7) is 0. The van der Waals surface area contributed by atoms with E-state index in [9.17, 15) is 9.90 Å². The second-order valence-corrected chi connectivity index (χ2v) is 5.28. The molecule has 2 heterocycles. The maximum absolute atomic E-state index is 10.9. The summed E-state index contributed by atoms with van der Waals surface area (Å²) >= 11 is 5.94. The molecule has 0 aliphatic heterocycles. The van der Waals surface area contributed by atoms with Crippen molar-refractivity contribution >= 4 is 17.6 Å². The number of carboxylic acid groups (broad SMARTS) is 1. The van der Waals surface area contributed by atoms with E-state index in [4.69, 9.17) is 21.4 Å². The number of carbonyl (C=O) groups is 1. The number of aromatic nitrogens is 3. The van der Waals surface area contributed by atoms with E-state index in [1.54, 1.807) is 18.2 Å². The molecule has 0 saturated heterocycles. The first-order valence-corrected chi connectivity index (χ1v) is 7.19. The van der Waals surface area contributed by atoms with Crippen LogP contribution >= 0.6 is 11.6 Å². The fourth-order valence-electron chi connectivity index (χ4n) is 2.23. The number of pyridine rings is 1. The van der Waals surface area contributed by atoms with Crippen LogP contribution in [-0.4, -0.2) is 38.1 Å². The fraction of sp³-hybridized carbons (Fsp3) is 0.0625. The van der Waals surface area contributed by atoms with Gasteiger partial charge in [-0.05, 0) is 30.3 Å². The Labute approximate surface area is 141 Å². The first kappa shape index (κ1) is 15.8. The van der Waals surface area contributed by atoms with Gasteiger partial charge in [-0.2, -0.15) is 9.78 Å². The van der Waals surface area contributed by atoms with E-state index in [1.807, 2.05) is 0 Å². The van der Waals surface area contributed by atoms with E-state index < -0.39 is 5.97 Å². The van der Waals surface area contributed by atoms with Crippen molar-refractivity contribution in [3.8, 4) is 28.6 Å². The normalized spacial score (nSPS) is 10.6. The zero-order valence-electron chi connectivity index (χ0n) is 12.5. The lowest BCUT2D eigenvalue weighted by Gasteiger charge is -2.08. The van der Waals surface area contributed by atoms with Crippen molar-refractivity contribution in [3.63, 3.8) is 0 Å². The summed E-state index contributed by atoms with van der Waals surface area (Å²) in [4.78, 5) is 14.9. The zero-order chi connectivity index (χ0) is 17.3. The second-order valence-electron chi connectivity index (χ2n) is 4.85. The van der Waals surface area contributed by atoms with Crippen LogP contribution in [0.2, 0.25) is 5.02 Å². The molecule has 0 unspecified atom stereocenters. The van der Waals surface area contributed by atoms with Crippen LogP contribution in [0.4, 0.5) is 0 Å². The Kier molecular flexibility index (Phi) is 4.09. The molecule has 2 aromatic heterocycles. The van der Waals surface area contributed by atoms with Gasteiger partial charge < -0.3 is 14.9 Å². The highest BCUT2D eigenvalue weighted by Crippen LogP contribution is 2.37. The highest BCUT2D eigenvalue weighted by atomic mass is 35.5. The molecule has 1 aromatic carbocycles. The predicted octanol–water partition coefficient (Wildman–Crippen LogP) is 3.00. The minimum Gasteiger partial charge on any atom is -0.496 e. The number of nitrogens with zero attached hydrogens (tertiary/aromatic N) is 3. The summed E-state index contributed by atoms with van der Waals surface area (Å²) in [5.74, 6) is -0.445. The topological polar surface area (TPSA) is 97.5 Å². The van der Waals surface area contributed by atoms with E-state index in [2.05, 4.69) is 10.1 Å². The Morgan fingerprint density at radius 2 is 2.00 bits per heavy atom. The monoisotopic (exact) mass is 345 g/mol.